The molecule has 0 radical (unpaired) electrons. The van der Waals surface area contributed by atoms with Crippen LogP contribution in [0.5, 0.6) is 0 Å². The number of carbonyl (C=O) groups is 1. The van der Waals surface area contributed by atoms with E-state index >= 15 is 0 Å². The monoisotopic (exact) mass is 401 g/mol. The van der Waals surface area contributed by atoms with Crippen LogP contribution in [-0.2, 0) is 11.3 Å². The molecular weight excluding hydrogens is 369 g/mol. The van der Waals surface area contributed by atoms with Crippen LogP contribution >= 0.6 is 24.8 Å². The van der Waals surface area contributed by atoms with Gasteiger partial charge in [-0.25, -0.2) is 0 Å². The van der Waals surface area contributed by atoms with E-state index in [0.717, 1.165) is 39.1 Å². The van der Waals surface area contributed by atoms with Crippen molar-refractivity contribution in [2.75, 3.05) is 33.2 Å². The van der Waals surface area contributed by atoms with E-state index in [4.69, 9.17) is 0 Å². The van der Waals surface area contributed by atoms with Gasteiger partial charge in [0.2, 0.25) is 5.91 Å². The van der Waals surface area contributed by atoms with E-state index in [9.17, 15) is 4.79 Å². The van der Waals surface area contributed by atoms with Crippen LogP contribution < -0.4 is 5.32 Å². The Balaban J connectivity index is 0.00000169. The molecule has 2 aliphatic rings. The van der Waals surface area contributed by atoms with Crippen LogP contribution in [0, 0.1) is 17.8 Å². The summed E-state index contributed by atoms with van der Waals surface area (Å²) >= 11 is 0. The number of hydrogen-bond donors (Lipinski definition) is 1. The third kappa shape index (κ3) is 5.35. The Bertz CT molecular complexity index is 539. The molecule has 2 heterocycles. The Morgan fingerprint density at radius 2 is 1.77 bits per heavy atom. The fourth-order valence-electron chi connectivity index (χ4n) is 4.70. The fraction of sp³-hybridized carbons (Fsp3) is 0.650. The maximum atomic E-state index is 12.8. The number of halogens is 2. The van der Waals surface area contributed by atoms with Crippen LogP contribution in [0.2, 0.25) is 0 Å². The van der Waals surface area contributed by atoms with Gasteiger partial charge in [0.1, 0.15) is 0 Å². The molecule has 0 spiro atoms. The van der Waals surface area contributed by atoms with Gasteiger partial charge in [-0.3, -0.25) is 9.69 Å². The molecule has 6 heteroatoms. The summed E-state index contributed by atoms with van der Waals surface area (Å²) < 4.78 is 0. The third-order valence-electron chi connectivity index (χ3n) is 5.71. The maximum Gasteiger partial charge on any atom is 0.227 e. The third-order valence-corrected chi connectivity index (χ3v) is 5.71. The number of hydrogen-bond acceptors (Lipinski definition) is 3. The summed E-state index contributed by atoms with van der Waals surface area (Å²) in [5.41, 5.74) is 1.37. The van der Waals surface area contributed by atoms with Gasteiger partial charge in [0, 0.05) is 39.3 Å². The van der Waals surface area contributed by atoms with E-state index in [1.807, 2.05) is 7.05 Å². The average molecular weight is 402 g/mol. The van der Waals surface area contributed by atoms with Crippen molar-refractivity contribution >= 4 is 30.7 Å². The molecule has 2 aliphatic heterocycles. The highest BCUT2D eigenvalue weighted by Gasteiger charge is 2.38. The number of amides is 1. The molecule has 1 aromatic rings. The summed E-state index contributed by atoms with van der Waals surface area (Å²) in [6.07, 6.45) is 0.985. The van der Waals surface area contributed by atoms with Gasteiger partial charge < -0.3 is 10.2 Å². The van der Waals surface area contributed by atoms with Gasteiger partial charge in [0.25, 0.3) is 0 Å². The SMILES string of the molecule is CC1CN(Cc2ccccc2)CC(C)C1N(C)C(=O)C1CCNC1.Cl.Cl. The van der Waals surface area contributed by atoms with E-state index in [-0.39, 0.29) is 30.7 Å². The van der Waals surface area contributed by atoms with Crippen molar-refractivity contribution in [3.63, 3.8) is 0 Å². The molecule has 26 heavy (non-hydrogen) atoms. The first kappa shape index (κ1) is 23.2. The molecule has 3 unspecified atom stereocenters. The maximum absolute atomic E-state index is 12.8. The largest absolute Gasteiger partial charge is 0.342 e. The number of carbonyl (C=O) groups excluding carboxylic acids is 1. The lowest BCUT2D eigenvalue weighted by molar-refractivity contribution is -0.139. The fourth-order valence-corrected chi connectivity index (χ4v) is 4.70. The smallest absolute Gasteiger partial charge is 0.227 e. The molecule has 2 saturated heterocycles. The minimum absolute atomic E-state index is 0. The van der Waals surface area contributed by atoms with Crippen LogP contribution in [0.25, 0.3) is 0 Å². The second-order valence-corrected chi connectivity index (χ2v) is 7.76. The minimum atomic E-state index is 0. The molecule has 3 atom stereocenters. The Kier molecular flexibility index (Phi) is 9.39. The molecular formula is C20H33Cl2N3O. The standard InChI is InChI=1S/C20H31N3O.2ClH/c1-15-12-23(14-17-7-5-4-6-8-17)13-16(2)19(15)22(3)20(24)18-9-10-21-11-18;;/h4-8,15-16,18-19,21H,9-14H2,1-3H3;2*1H. The second-order valence-electron chi connectivity index (χ2n) is 7.76. The van der Waals surface area contributed by atoms with Gasteiger partial charge >= 0.3 is 0 Å². The van der Waals surface area contributed by atoms with Crippen molar-refractivity contribution in [2.45, 2.75) is 32.9 Å². The van der Waals surface area contributed by atoms with Crippen LogP contribution in [0.15, 0.2) is 30.3 Å². The highest BCUT2D eigenvalue weighted by atomic mass is 35.5. The van der Waals surface area contributed by atoms with Gasteiger partial charge in [-0.05, 0) is 30.4 Å². The molecule has 2 fully saturated rings. The van der Waals surface area contributed by atoms with Gasteiger partial charge in [-0.1, -0.05) is 44.2 Å². The minimum Gasteiger partial charge on any atom is -0.342 e. The summed E-state index contributed by atoms with van der Waals surface area (Å²) in [5, 5.41) is 3.31. The number of nitrogens with one attached hydrogen (secondary N) is 1. The van der Waals surface area contributed by atoms with E-state index in [2.05, 4.69) is 59.3 Å². The number of likely N-dealkylation sites (tertiary alicyclic amines) is 1. The molecule has 4 nitrogen and oxygen atoms in total. The Labute approximate surface area is 170 Å². The number of nitrogens with zero attached hydrogens (tertiary/aromatic N) is 2. The van der Waals surface area contributed by atoms with E-state index in [1.165, 1.54) is 5.56 Å². The average Bonchev–Trinajstić information content (AvgIpc) is 3.08. The van der Waals surface area contributed by atoms with Gasteiger partial charge in [0.05, 0.1) is 5.92 Å². The zero-order valence-electron chi connectivity index (χ0n) is 16.1. The molecule has 1 N–H and O–H groups in total. The first-order valence-electron chi connectivity index (χ1n) is 9.30. The topological polar surface area (TPSA) is 35.6 Å². The Morgan fingerprint density at radius 3 is 2.31 bits per heavy atom. The summed E-state index contributed by atoms with van der Waals surface area (Å²) in [6.45, 7) is 9.55. The number of piperidine rings is 1. The second kappa shape index (κ2) is 10.5. The lowest BCUT2D eigenvalue weighted by atomic mass is 9.84. The molecule has 0 bridgehead atoms. The Hall–Kier alpha value is -0.810. The molecule has 0 saturated carbocycles. The summed E-state index contributed by atoms with van der Waals surface area (Å²) in [6, 6.07) is 11.0. The van der Waals surface area contributed by atoms with Gasteiger partial charge in [-0.2, -0.15) is 0 Å². The van der Waals surface area contributed by atoms with Crippen molar-refractivity contribution in [3.05, 3.63) is 35.9 Å². The number of benzene rings is 1. The van der Waals surface area contributed by atoms with E-state index in [0.29, 0.717) is 23.8 Å². The predicted molar refractivity (Wildman–Crippen MR) is 112 cm³/mol. The normalized spacial score (nSPS) is 28.7. The Morgan fingerprint density at radius 1 is 1.15 bits per heavy atom. The van der Waals surface area contributed by atoms with Crippen LogP contribution in [0.1, 0.15) is 25.8 Å². The molecule has 3 rings (SSSR count). The zero-order valence-corrected chi connectivity index (χ0v) is 17.7. The van der Waals surface area contributed by atoms with Crippen molar-refractivity contribution < 1.29 is 4.79 Å². The van der Waals surface area contributed by atoms with E-state index < -0.39 is 0 Å². The first-order valence-corrected chi connectivity index (χ1v) is 9.30. The predicted octanol–water partition coefficient (Wildman–Crippen LogP) is 3.05. The summed E-state index contributed by atoms with van der Waals surface area (Å²) in [5.74, 6) is 1.51. The molecule has 148 valence electrons. The van der Waals surface area contributed by atoms with Crippen molar-refractivity contribution in [3.8, 4) is 0 Å². The first-order chi connectivity index (χ1) is 11.6. The molecule has 0 aromatic heterocycles. The van der Waals surface area contributed by atoms with Crippen LogP contribution in [0.4, 0.5) is 0 Å². The molecule has 1 amide bonds. The molecule has 1 aromatic carbocycles. The summed E-state index contributed by atoms with van der Waals surface area (Å²) in [4.78, 5) is 17.4. The highest BCUT2D eigenvalue weighted by Crippen LogP contribution is 2.28. The highest BCUT2D eigenvalue weighted by molar-refractivity contribution is 5.85. The van der Waals surface area contributed by atoms with Crippen LogP contribution in [-0.4, -0.2) is 55.0 Å². The number of rotatable bonds is 4. The van der Waals surface area contributed by atoms with Crippen molar-refractivity contribution in [2.24, 2.45) is 17.8 Å². The van der Waals surface area contributed by atoms with E-state index in [1.54, 1.807) is 0 Å². The van der Waals surface area contributed by atoms with Crippen molar-refractivity contribution in [1.82, 2.24) is 15.1 Å². The van der Waals surface area contributed by atoms with Crippen molar-refractivity contribution in [1.29, 1.82) is 0 Å². The lowest BCUT2D eigenvalue weighted by Crippen LogP contribution is -2.56. The molecule has 0 aliphatic carbocycles. The lowest BCUT2D eigenvalue weighted by Gasteiger charge is -2.46. The van der Waals surface area contributed by atoms with Crippen LogP contribution in [0.3, 0.4) is 0 Å². The quantitative estimate of drug-likeness (QED) is 0.841. The summed E-state index contributed by atoms with van der Waals surface area (Å²) in [7, 11) is 2.02. The van der Waals surface area contributed by atoms with Gasteiger partial charge in [-0.15, -0.1) is 24.8 Å². The zero-order chi connectivity index (χ0) is 17.1. The van der Waals surface area contributed by atoms with Gasteiger partial charge in [0.15, 0.2) is 0 Å².